The molecule has 2 heterocycles. The molecule has 0 atom stereocenters. The van der Waals surface area contributed by atoms with E-state index in [9.17, 15) is 4.79 Å². The zero-order valence-corrected chi connectivity index (χ0v) is 15.8. The third kappa shape index (κ3) is 4.39. The third-order valence-corrected chi connectivity index (χ3v) is 4.94. The van der Waals surface area contributed by atoms with Crippen LogP contribution in [0.4, 0.5) is 0 Å². The van der Waals surface area contributed by atoms with Crippen LogP contribution in [-0.2, 0) is 26.1 Å². The van der Waals surface area contributed by atoms with Gasteiger partial charge >= 0.3 is 0 Å². The lowest BCUT2D eigenvalue weighted by Crippen LogP contribution is -2.25. The maximum Gasteiger partial charge on any atom is 0.251 e. The van der Waals surface area contributed by atoms with Gasteiger partial charge in [0, 0.05) is 18.5 Å². The van der Waals surface area contributed by atoms with Crippen molar-refractivity contribution in [3.63, 3.8) is 0 Å². The van der Waals surface area contributed by atoms with Gasteiger partial charge in [-0.1, -0.05) is 42.8 Å². The molecule has 28 heavy (non-hydrogen) atoms. The zero-order valence-electron chi connectivity index (χ0n) is 15.8. The normalized spacial score (nSPS) is 13.4. The summed E-state index contributed by atoms with van der Waals surface area (Å²) in [5.74, 6) is 2.38. The zero-order chi connectivity index (χ0) is 19.2. The average molecular weight is 376 g/mol. The van der Waals surface area contributed by atoms with E-state index in [1.165, 1.54) is 6.42 Å². The molecule has 0 unspecified atom stereocenters. The fourth-order valence-electron chi connectivity index (χ4n) is 3.41. The second-order valence-electron chi connectivity index (χ2n) is 6.98. The van der Waals surface area contributed by atoms with Gasteiger partial charge in [-0.05, 0) is 36.6 Å². The molecule has 3 aromatic rings. The van der Waals surface area contributed by atoms with Crippen LogP contribution in [0.15, 0.2) is 54.6 Å². The van der Waals surface area contributed by atoms with Gasteiger partial charge in [-0.25, -0.2) is 0 Å². The second kappa shape index (κ2) is 8.69. The summed E-state index contributed by atoms with van der Waals surface area (Å²) < 4.78 is 7.96. The first kappa shape index (κ1) is 18.2. The Bertz CT molecular complexity index is 937. The first-order valence-electron chi connectivity index (χ1n) is 9.75. The van der Waals surface area contributed by atoms with Crippen molar-refractivity contribution < 1.29 is 9.53 Å². The molecule has 0 saturated heterocycles. The van der Waals surface area contributed by atoms with Crippen molar-refractivity contribution in [2.45, 2.75) is 45.4 Å². The van der Waals surface area contributed by atoms with Crippen molar-refractivity contribution in [1.82, 2.24) is 20.1 Å². The molecule has 4 rings (SSSR count). The third-order valence-electron chi connectivity index (χ3n) is 4.94. The van der Waals surface area contributed by atoms with E-state index >= 15 is 0 Å². The Morgan fingerprint density at radius 3 is 2.82 bits per heavy atom. The van der Waals surface area contributed by atoms with E-state index < -0.39 is 0 Å². The molecular weight excluding hydrogens is 352 g/mol. The highest BCUT2D eigenvalue weighted by molar-refractivity contribution is 5.94. The Balaban J connectivity index is 1.37. The molecule has 0 saturated carbocycles. The fraction of sp³-hybridized carbons (Fsp3) is 0.318. The highest BCUT2D eigenvalue weighted by Gasteiger charge is 2.15. The number of aromatic nitrogens is 3. The summed E-state index contributed by atoms with van der Waals surface area (Å²) >= 11 is 0. The SMILES string of the molecule is O=C(NCc1nnc2n1CCCCC2)c1cccc(OCc2ccccc2)c1. The van der Waals surface area contributed by atoms with Crippen LogP contribution in [0, 0.1) is 0 Å². The molecule has 0 aliphatic carbocycles. The molecule has 6 heteroatoms. The molecule has 0 bridgehead atoms. The van der Waals surface area contributed by atoms with Crippen molar-refractivity contribution in [2.24, 2.45) is 0 Å². The lowest BCUT2D eigenvalue weighted by Gasteiger charge is -2.10. The number of nitrogens with one attached hydrogen (secondary N) is 1. The molecular formula is C22H24N4O2. The van der Waals surface area contributed by atoms with E-state index in [-0.39, 0.29) is 5.91 Å². The summed E-state index contributed by atoms with van der Waals surface area (Å²) in [5, 5.41) is 11.5. The molecule has 1 aliphatic rings. The number of carbonyl (C=O) groups excluding carboxylic acids is 1. The summed E-state index contributed by atoms with van der Waals surface area (Å²) in [6.07, 6.45) is 4.46. The minimum absolute atomic E-state index is 0.142. The van der Waals surface area contributed by atoms with Crippen molar-refractivity contribution in [2.75, 3.05) is 0 Å². The number of aryl methyl sites for hydroxylation is 1. The number of benzene rings is 2. The molecule has 6 nitrogen and oxygen atoms in total. The molecule has 0 radical (unpaired) electrons. The predicted molar refractivity (Wildman–Crippen MR) is 106 cm³/mol. The van der Waals surface area contributed by atoms with Crippen LogP contribution in [0.1, 0.15) is 46.8 Å². The summed E-state index contributed by atoms with van der Waals surface area (Å²) in [5.41, 5.74) is 1.66. The van der Waals surface area contributed by atoms with Gasteiger partial charge < -0.3 is 14.6 Å². The quantitative estimate of drug-likeness (QED) is 0.715. The van der Waals surface area contributed by atoms with Crippen molar-refractivity contribution in [3.05, 3.63) is 77.4 Å². The van der Waals surface area contributed by atoms with Gasteiger partial charge in [0.25, 0.3) is 5.91 Å². The van der Waals surface area contributed by atoms with Crippen LogP contribution in [0.3, 0.4) is 0 Å². The smallest absolute Gasteiger partial charge is 0.251 e. The van der Waals surface area contributed by atoms with Crippen LogP contribution in [0.2, 0.25) is 0 Å². The molecule has 1 N–H and O–H groups in total. The van der Waals surface area contributed by atoms with Gasteiger partial charge in [0.1, 0.15) is 18.2 Å². The Kier molecular flexibility index (Phi) is 5.66. The highest BCUT2D eigenvalue weighted by Crippen LogP contribution is 2.16. The number of fused-ring (bicyclic) bond motifs is 1. The van der Waals surface area contributed by atoms with E-state index in [1.54, 1.807) is 12.1 Å². The highest BCUT2D eigenvalue weighted by atomic mass is 16.5. The summed E-state index contributed by atoms with van der Waals surface area (Å²) in [7, 11) is 0. The van der Waals surface area contributed by atoms with Crippen LogP contribution < -0.4 is 10.1 Å². The number of amides is 1. The van der Waals surface area contributed by atoms with Gasteiger partial charge in [-0.2, -0.15) is 0 Å². The van der Waals surface area contributed by atoms with Crippen LogP contribution in [0.25, 0.3) is 0 Å². The van der Waals surface area contributed by atoms with Crippen molar-refractivity contribution in [1.29, 1.82) is 0 Å². The van der Waals surface area contributed by atoms with Gasteiger partial charge in [0.2, 0.25) is 0 Å². The number of hydrogen-bond acceptors (Lipinski definition) is 4. The molecule has 1 aromatic heterocycles. The first-order chi connectivity index (χ1) is 13.8. The van der Waals surface area contributed by atoms with E-state index in [1.807, 2.05) is 42.5 Å². The molecule has 1 aliphatic heterocycles. The molecule has 0 spiro atoms. The summed E-state index contributed by atoms with van der Waals surface area (Å²) in [6.45, 7) is 1.77. The number of nitrogens with zero attached hydrogens (tertiary/aromatic N) is 3. The minimum atomic E-state index is -0.142. The summed E-state index contributed by atoms with van der Waals surface area (Å²) in [4.78, 5) is 12.6. The van der Waals surface area contributed by atoms with Gasteiger partial charge in [0.05, 0.1) is 6.54 Å². The molecule has 2 aromatic carbocycles. The second-order valence-corrected chi connectivity index (χ2v) is 6.98. The number of ether oxygens (including phenoxy) is 1. The average Bonchev–Trinajstić information content (AvgIpc) is 2.97. The monoisotopic (exact) mass is 376 g/mol. The predicted octanol–water partition coefficient (Wildman–Crippen LogP) is 3.51. The van der Waals surface area contributed by atoms with Gasteiger partial charge in [-0.15, -0.1) is 10.2 Å². The maximum absolute atomic E-state index is 12.6. The van der Waals surface area contributed by atoms with E-state index in [2.05, 4.69) is 20.1 Å². The number of carbonyl (C=O) groups is 1. The van der Waals surface area contributed by atoms with Crippen LogP contribution in [-0.4, -0.2) is 20.7 Å². The summed E-state index contributed by atoms with van der Waals surface area (Å²) in [6, 6.07) is 17.2. The Hall–Kier alpha value is -3.15. The standard InChI is InChI=1S/C22H24N4O2/c27-22(23-15-21-25-24-20-12-5-2-6-13-26(20)21)18-10-7-11-19(14-18)28-16-17-8-3-1-4-9-17/h1,3-4,7-11,14H,2,5-6,12-13,15-16H2,(H,23,27). The fourth-order valence-corrected chi connectivity index (χ4v) is 3.41. The number of rotatable bonds is 6. The Morgan fingerprint density at radius 2 is 1.93 bits per heavy atom. The van der Waals surface area contributed by atoms with E-state index in [0.29, 0.717) is 24.5 Å². The van der Waals surface area contributed by atoms with Gasteiger partial charge in [0.15, 0.2) is 5.82 Å². The lowest BCUT2D eigenvalue weighted by molar-refractivity contribution is 0.0949. The molecule has 1 amide bonds. The topological polar surface area (TPSA) is 69.0 Å². The minimum Gasteiger partial charge on any atom is -0.489 e. The largest absolute Gasteiger partial charge is 0.489 e. The van der Waals surface area contributed by atoms with Crippen molar-refractivity contribution in [3.8, 4) is 5.75 Å². The number of hydrogen-bond donors (Lipinski definition) is 1. The van der Waals surface area contributed by atoms with E-state index in [0.717, 1.165) is 43.0 Å². The molecule has 144 valence electrons. The lowest BCUT2D eigenvalue weighted by atomic mass is 10.2. The first-order valence-corrected chi connectivity index (χ1v) is 9.75. The molecule has 0 fully saturated rings. The van der Waals surface area contributed by atoms with Crippen molar-refractivity contribution >= 4 is 5.91 Å². The Labute approximate surface area is 164 Å². The van der Waals surface area contributed by atoms with Gasteiger partial charge in [-0.3, -0.25) is 4.79 Å². The van der Waals surface area contributed by atoms with E-state index in [4.69, 9.17) is 4.74 Å². The maximum atomic E-state index is 12.6. The Morgan fingerprint density at radius 1 is 1.04 bits per heavy atom. The van der Waals surface area contributed by atoms with Crippen LogP contribution in [0.5, 0.6) is 5.75 Å². The van der Waals surface area contributed by atoms with Crippen LogP contribution >= 0.6 is 0 Å².